The molecule has 0 atom stereocenters. The first-order chi connectivity index (χ1) is 18.2. The van der Waals surface area contributed by atoms with Crippen molar-refractivity contribution in [2.75, 3.05) is 7.11 Å². The molecule has 2 aromatic carbocycles. The van der Waals surface area contributed by atoms with E-state index in [9.17, 15) is 5.11 Å². The molecule has 0 aliphatic rings. The van der Waals surface area contributed by atoms with E-state index in [1.807, 2.05) is 0 Å². The monoisotopic (exact) mass is 878 g/mol. The summed E-state index contributed by atoms with van der Waals surface area (Å²) < 4.78 is 5.50. The lowest BCUT2D eigenvalue weighted by molar-refractivity contribution is 0.416. The molecule has 4 rings (SSSR count). The van der Waals surface area contributed by atoms with Gasteiger partial charge in [-0.3, -0.25) is 0 Å². The molecular weight excluding hydrogens is 874 g/mol. The predicted molar refractivity (Wildman–Crippen MR) is 176 cm³/mol. The van der Waals surface area contributed by atoms with Gasteiger partial charge >= 0.3 is 3.18 Å². The van der Waals surface area contributed by atoms with Crippen molar-refractivity contribution in [1.29, 1.82) is 0 Å². The van der Waals surface area contributed by atoms with Crippen LogP contribution in [0.2, 0.25) is 41.0 Å². The van der Waals surface area contributed by atoms with Crippen LogP contribution in [0.1, 0.15) is 0 Å². The fraction of sp³-hybridized carbons (Fsp3) is 0.0476. The lowest BCUT2D eigenvalue weighted by Crippen LogP contribution is -1.94. The van der Waals surface area contributed by atoms with Crippen molar-refractivity contribution in [3.05, 3.63) is 77.4 Å². The highest BCUT2D eigenvalue weighted by Gasteiger charge is 2.17. The standard InChI is InChI=1S/C11H6Cl4N2O.C10H4Cl4N2O.BBr3/c1-18-7-3-2-5(12)4-6(7)9-8(13)10(14)17-11(15)16-9;11-4-1-2-6(17)5(3-4)8-7(12)9(13)16-10(14)15-8;2-1(3)4/h2-4H,1H3;1-3,17H;. The second-order valence-corrected chi connectivity index (χ2v) is 16.1. The number of ether oxygens (including phenoxy) is 1. The van der Waals surface area contributed by atoms with Gasteiger partial charge in [0.1, 0.15) is 21.5 Å². The smallest absolute Gasteiger partial charge is 0.369 e. The minimum Gasteiger partial charge on any atom is -0.507 e. The highest BCUT2D eigenvalue weighted by atomic mass is 79.9. The molecule has 0 saturated carbocycles. The summed E-state index contributed by atoms with van der Waals surface area (Å²) in [7, 11) is 1.53. The third-order valence-electron chi connectivity index (χ3n) is 4.20. The lowest BCUT2D eigenvalue weighted by atomic mass is 10.1. The Morgan fingerprint density at radius 1 is 0.667 bits per heavy atom. The number of halogens is 11. The summed E-state index contributed by atoms with van der Waals surface area (Å²) in [6, 6.07) is 9.55. The molecule has 206 valence electrons. The predicted octanol–water partition coefficient (Wildman–Crippen LogP) is 11.4. The Hall–Kier alpha value is 0.0249. The van der Waals surface area contributed by atoms with Gasteiger partial charge in [0.2, 0.25) is 10.6 Å². The van der Waals surface area contributed by atoms with Crippen LogP contribution in [0.3, 0.4) is 0 Å². The van der Waals surface area contributed by atoms with Gasteiger partial charge in [0.05, 0.1) is 18.5 Å². The van der Waals surface area contributed by atoms with E-state index in [2.05, 4.69) is 67.2 Å². The van der Waals surface area contributed by atoms with Crippen LogP contribution in [0.4, 0.5) is 0 Å². The minimum atomic E-state index is -0.0613. The van der Waals surface area contributed by atoms with Gasteiger partial charge in [0, 0.05) is 21.2 Å². The average Bonchev–Trinajstić information content (AvgIpc) is 2.85. The molecule has 0 bridgehead atoms. The number of aromatic hydroxyl groups is 1. The van der Waals surface area contributed by atoms with Crippen molar-refractivity contribution in [1.82, 2.24) is 19.9 Å². The van der Waals surface area contributed by atoms with Gasteiger partial charge in [-0.15, -0.1) is 47.3 Å². The second kappa shape index (κ2) is 16.6. The molecule has 1 N–H and O–H groups in total. The normalized spacial score (nSPS) is 10.2. The fourth-order valence-corrected chi connectivity index (χ4v) is 4.19. The van der Waals surface area contributed by atoms with E-state index in [0.717, 1.165) is 0 Å². The Morgan fingerprint density at radius 3 is 1.54 bits per heavy atom. The molecule has 0 spiro atoms. The van der Waals surface area contributed by atoms with Gasteiger partial charge in [0.25, 0.3) is 0 Å². The maximum absolute atomic E-state index is 9.73. The molecule has 2 aromatic heterocycles. The summed E-state index contributed by atoms with van der Waals surface area (Å²) in [6.45, 7) is 0. The largest absolute Gasteiger partial charge is 0.507 e. The first kappa shape index (κ1) is 35.2. The summed E-state index contributed by atoms with van der Waals surface area (Å²) in [6.07, 6.45) is 0. The molecule has 18 heteroatoms. The molecule has 0 aliphatic heterocycles. The Balaban J connectivity index is 0.000000241. The zero-order valence-electron chi connectivity index (χ0n) is 18.8. The number of rotatable bonds is 3. The van der Waals surface area contributed by atoms with Crippen molar-refractivity contribution >= 4 is 143 Å². The summed E-state index contributed by atoms with van der Waals surface area (Å²) in [5, 5.41) is 11.0. The molecule has 0 unspecified atom stereocenters. The van der Waals surface area contributed by atoms with Gasteiger partial charge in [-0.05, 0) is 59.6 Å². The number of nitrogens with zero attached hydrogens (tertiary/aromatic N) is 4. The molecule has 4 aromatic rings. The SMILES string of the molecule is BrB(Br)Br.COc1ccc(Cl)cc1-c1nc(Cl)nc(Cl)c1Cl.Oc1ccc(Cl)cc1-c1nc(Cl)nc(Cl)c1Cl. The summed E-state index contributed by atoms with van der Waals surface area (Å²) in [5.74, 6) is 0.536. The third kappa shape index (κ3) is 10.7. The molecule has 0 aliphatic carbocycles. The molecular formula is C21H10BBr3Cl8N4O2. The first-order valence-electron chi connectivity index (χ1n) is 9.77. The highest BCUT2D eigenvalue weighted by molar-refractivity contribution is 9.69. The van der Waals surface area contributed by atoms with Gasteiger partial charge < -0.3 is 9.84 Å². The van der Waals surface area contributed by atoms with E-state index in [1.165, 1.54) is 19.2 Å². The molecule has 0 saturated heterocycles. The van der Waals surface area contributed by atoms with Crippen molar-refractivity contribution in [2.24, 2.45) is 0 Å². The Labute approximate surface area is 288 Å². The average molecular weight is 884 g/mol. The highest BCUT2D eigenvalue weighted by Crippen LogP contribution is 2.39. The van der Waals surface area contributed by atoms with Crippen molar-refractivity contribution in [3.63, 3.8) is 0 Å². The van der Waals surface area contributed by atoms with E-state index in [4.69, 9.17) is 97.5 Å². The zero-order chi connectivity index (χ0) is 29.4. The maximum Gasteiger partial charge on any atom is 0.369 e. The van der Waals surface area contributed by atoms with Crippen LogP contribution in [-0.4, -0.2) is 35.3 Å². The molecule has 0 fully saturated rings. The number of hydrogen-bond donors (Lipinski definition) is 1. The molecule has 39 heavy (non-hydrogen) atoms. The topological polar surface area (TPSA) is 81.0 Å². The number of methoxy groups -OCH3 is 1. The molecule has 6 nitrogen and oxygen atoms in total. The number of benzene rings is 2. The van der Waals surface area contributed by atoms with E-state index in [-0.39, 0.29) is 45.5 Å². The van der Waals surface area contributed by atoms with Crippen LogP contribution in [0.15, 0.2) is 36.4 Å². The van der Waals surface area contributed by atoms with Crippen LogP contribution in [0.5, 0.6) is 11.5 Å². The Bertz CT molecular complexity index is 1470. The number of hydrogen-bond acceptors (Lipinski definition) is 6. The third-order valence-corrected chi connectivity index (χ3v) is 6.46. The van der Waals surface area contributed by atoms with E-state index in [0.29, 0.717) is 32.6 Å². The summed E-state index contributed by atoms with van der Waals surface area (Å²) in [4.78, 5) is 15.4. The lowest BCUT2D eigenvalue weighted by Gasteiger charge is -2.10. The Morgan fingerprint density at radius 2 is 1.08 bits per heavy atom. The molecule has 0 radical (unpaired) electrons. The number of phenols is 1. The van der Waals surface area contributed by atoms with Crippen LogP contribution >= 0.6 is 140 Å². The van der Waals surface area contributed by atoms with Gasteiger partial charge in [-0.1, -0.05) is 69.6 Å². The quantitative estimate of drug-likeness (QED) is 0.125. The molecule has 0 amide bonds. The van der Waals surface area contributed by atoms with Gasteiger partial charge in [-0.2, -0.15) is 0 Å². The van der Waals surface area contributed by atoms with E-state index in [1.54, 1.807) is 24.3 Å². The van der Waals surface area contributed by atoms with E-state index < -0.39 is 0 Å². The van der Waals surface area contributed by atoms with Crippen molar-refractivity contribution in [3.8, 4) is 34.0 Å². The second-order valence-electron chi connectivity index (χ2n) is 6.65. The minimum absolute atomic E-state index is 0.00132. The number of phenolic OH excluding ortho intramolecular Hbond substituents is 1. The van der Waals surface area contributed by atoms with Crippen LogP contribution in [0, 0.1) is 0 Å². The van der Waals surface area contributed by atoms with Gasteiger partial charge in [-0.25, -0.2) is 19.9 Å². The van der Waals surface area contributed by atoms with Gasteiger partial charge in [0.15, 0.2) is 10.3 Å². The number of aromatic nitrogens is 4. The Kier molecular flexibility index (Phi) is 15.0. The van der Waals surface area contributed by atoms with Crippen LogP contribution < -0.4 is 4.74 Å². The summed E-state index contributed by atoms with van der Waals surface area (Å²) in [5.41, 5.74) is 1.55. The first-order valence-corrected chi connectivity index (χ1v) is 15.5. The van der Waals surface area contributed by atoms with E-state index >= 15 is 0 Å². The van der Waals surface area contributed by atoms with Crippen molar-refractivity contribution in [2.45, 2.75) is 0 Å². The van der Waals surface area contributed by atoms with Crippen LogP contribution in [0.25, 0.3) is 22.5 Å². The summed E-state index contributed by atoms with van der Waals surface area (Å²) >= 11 is 56.2. The van der Waals surface area contributed by atoms with Crippen molar-refractivity contribution < 1.29 is 9.84 Å². The van der Waals surface area contributed by atoms with Crippen LogP contribution in [-0.2, 0) is 0 Å². The zero-order valence-corrected chi connectivity index (χ0v) is 29.6. The molecule has 2 heterocycles. The maximum atomic E-state index is 9.73. The fourth-order valence-electron chi connectivity index (χ4n) is 2.71.